The second-order valence-electron chi connectivity index (χ2n) is 9.34. The molecule has 0 spiro atoms. The zero-order chi connectivity index (χ0) is 27.3. The van der Waals surface area contributed by atoms with Crippen LogP contribution in [0.3, 0.4) is 0 Å². The second-order valence-corrected chi connectivity index (χ2v) is 12.5. The Hall–Kier alpha value is -2.00. The predicted molar refractivity (Wildman–Crippen MR) is 150 cm³/mol. The highest BCUT2D eigenvalue weighted by molar-refractivity contribution is 7.92. The standard InChI is InChI=1S/C26H32Cl3N3O4S/c1-4-24(26(34)30-18-8-5-6-9-18)31(15-20-21(27)10-7-11-22(20)28)25(33)16-32(37(3,35)36)19-13-12-17(2)23(29)14-19/h7,10-14,18,24H,4-6,8-9,15-16H2,1-3H3,(H,30,34)/t24-/m1/s1. The van der Waals surface area contributed by atoms with Gasteiger partial charge in [-0.25, -0.2) is 8.42 Å². The highest BCUT2D eigenvalue weighted by atomic mass is 35.5. The first-order valence-electron chi connectivity index (χ1n) is 12.2. The number of carbonyl (C=O) groups excluding carboxylic acids is 2. The van der Waals surface area contributed by atoms with Crippen LogP contribution >= 0.6 is 34.8 Å². The van der Waals surface area contributed by atoms with Gasteiger partial charge in [0.2, 0.25) is 21.8 Å². The summed E-state index contributed by atoms with van der Waals surface area (Å²) in [6.07, 6.45) is 5.21. The maximum absolute atomic E-state index is 13.8. The molecule has 11 heteroatoms. The number of anilines is 1. The predicted octanol–water partition coefficient (Wildman–Crippen LogP) is 5.59. The smallest absolute Gasteiger partial charge is 0.244 e. The third kappa shape index (κ3) is 7.53. The van der Waals surface area contributed by atoms with E-state index in [1.807, 2.05) is 6.92 Å². The maximum atomic E-state index is 13.8. The van der Waals surface area contributed by atoms with Gasteiger partial charge in [0.05, 0.1) is 11.9 Å². The number of sulfonamides is 1. The van der Waals surface area contributed by atoms with Crippen molar-refractivity contribution in [1.82, 2.24) is 10.2 Å². The van der Waals surface area contributed by atoms with Crippen molar-refractivity contribution in [2.45, 2.75) is 64.6 Å². The molecule has 3 rings (SSSR count). The molecule has 1 fully saturated rings. The van der Waals surface area contributed by atoms with Gasteiger partial charge in [-0.3, -0.25) is 13.9 Å². The minimum atomic E-state index is -3.86. The fourth-order valence-electron chi connectivity index (χ4n) is 4.49. The van der Waals surface area contributed by atoms with E-state index in [-0.39, 0.29) is 24.2 Å². The van der Waals surface area contributed by atoms with E-state index in [2.05, 4.69) is 5.32 Å². The Morgan fingerprint density at radius 1 is 1.05 bits per heavy atom. The molecule has 1 saturated carbocycles. The maximum Gasteiger partial charge on any atom is 0.244 e. The summed E-state index contributed by atoms with van der Waals surface area (Å²) >= 11 is 19.1. The second kappa shape index (κ2) is 12.7. The van der Waals surface area contributed by atoms with Crippen molar-refractivity contribution in [3.63, 3.8) is 0 Å². The van der Waals surface area contributed by atoms with Gasteiger partial charge in [0.1, 0.15) is 12.6 Å². The van der Waals surface area contributed by atoms with Crippen LogP contribution in [0.1, 0.15) is 50.2 Å². The molecule has 1 aliphatic rings. The molecular weight excluding hydrogens is 557 g/mol. The van der Waals surface area contributed by atoms with E-state index in [0.29, 0.717) is 27.1 Å². The lowest BCUT2D eigenvalue weighted by molar-refractivity contribution is -0.140. The molecule has 1 aliphatic carbocycles. The minimum absolute atomic E-state index is 0.0554. The van der Waals surface area contributed by atoms with Gasteiger partial charge >= 0.3 is 0 Å². The van der Waals surface area contributed by atoms with E-state index in [1.54, 1.807) is 37.3 Å². The Kier molecular flexibility index (Phi) is 10.1. The van der Waals surface area contributed by atoms with Crippen molar-refractivity contribution in [2.75, 3.05) is 17.1 Å². The molecule has 0 aromatic heterocycles. The first-order chi connectivity index (χ1) is 17.4. The zero-order valence-electron chi connectivity index (χ0n) is 21.1. The number of rotatable bonds is 10. The Balaban J connectivity index is 1.98. The Morgan fingerprint density at radius 3 is 2.22 bits per heavy atom. The van der Waals surface area contributed by atoms with E-state index in [9.17, 15) is 18.0 Å². The average molecular weight is 589 g/mol. The van der Waals surface area contributed by atoms with Crippen LogP contribution in [0, 0.1) is 6.92 Å². The average Bonchev–Trinajstić information content (AvgIpc) is 3.33. The molecule has 2 aromatic rings. The van der Waals surface area contributed by atoms with Gasteiger partial charge in [-0.1, -0.05) is 66.7 Å². The number of halogens is 3. The quantitative estimate of drug-likeness (QED) is 0.392. The molecule has 0 heterocycles. The van der Waals surface area contributed by atoms with Gasteiger partial charge in [-0.2, -0.15) is 0 Å². The molecule has 0 saturated heterocycles. The molecule has 37 heavy (non-hydrogen) atoms. The molecule has 202 valence electrons. The molecule has 0 bridgehead atoms. The number of nitrogens with zero attached hydrogens (tertiary/aromatic N) is 2. The summed E-state index contributed by atoms with van der Waals surface area (Å²) < 4.78 is 26.5. The molecule has 0 aliphatic heterocycles. The van der Waals surface area contributed by atoms with Gasteiger partial charge in [-0.05, 0) is 56.0 Å². The summed E-state index contributed by atoms with van der Waals surface area (Å²) in [5.74, 6) is -0.846. The largest absolute Gasteiger partial charge is 0.352 e. The van der Waals surface area contributed by atoms with Crippen LogP contribution in [-0.4, -0.2) is 50.0 Å². The molecule has 7 nitrogen and oxygen atoms in total. The van der Waals surface area contributed by atoms with E-state index in [1.165, 1.54) is 11.0 Å². The number of benzene rings is 2. The third-order valence-electron chi connectivity index (χ3n) is 6.60. The molecule has 1 atom stereocenters. The Labute approximate surface area is 234 Å². The van der Waals surface area contributed by atoms with Crippen LogP contribution in [0.15, 0.2) is 36.4 Å². The van der Waals surface area contributed by atoms with Crippen molar-refractivity contribution in [3.8, 4) is 0 Å². The van der Waals surface area contributed by atoms with Crippen molar-refractivity contribution >= 4 is 62.3 Å². The highest BCUT2D eigenvalue weighted by Gasteiger charge is 2.33. The highest BCUT2D eigenvalue weighted by Crippen LogP contribution is 2.29. The van der Waals surface area contributed by atoms with E-state index in [4.69, 9.17) is 34.8 Å². The number of amides is 2. The lowest BCUT2D eigenvalue weighted by atomic mass is 10.1. The molecule has 0 radical (unpaired) electrons. The van der Waals surface area contributed by atoms with Gasteiger partial charge in [0, 0.05) is 33.2 Å². The monoisotopic (exact) mass is 587 g/mol. The number of nitrogens with one attached hydrogen (secondary N) is 1. The lowest BCUT2D eigenvalue weighted by Crippen LogP contribution is -2.53. The fourth-order valence-corrected chi connectivity index (χ4v) is 6.02. The molecule has 1 N–H and O–H groups in total. The normalized spacial score (nSPS) is 14.9. The van der Waals surface area contributed by atoms with Gasteiger partial charge < -0.3 is 10.2 Å². The van der Waals surface area contributed by atoms with Crippen LogP contribution in [0.25, 0.3) is 0 Å². The number of aryl methyl sites for hydroxylation is 1. The SMILES string of the molecule is CC[C@H](C(=O)NC1CCCC1)N(Cc1c(Cl)cccc1Cl)C(=O)CN(c1ccc(C)c(Cl)c1)S(C)(=O)=O. The zero-order valence-corrected chi connectivity index (χ0v) is 24.2. The van der Waals surface area contributed by atoms with E-state index >= 15 is 0 Å². The summed E-state index contributed by atoms with van der Waals surface area (Å²) in [5.41, 5.74) is 1.51. The van der Waals surface area contributed by atoms with Crippen LogP contribution in [-0.2, 0) is 26.2 Å². The summed E-state index contributed by atoms with van der Waals surface area (Å²) in [5, 5.41) is 4.13. The number of hydrogen-bond acceptors (Lipinski definition) is 4. The van der Waals surface area contributed by atoms with Gasteiger partial charge in [0.25, 0.3) is 0 Å². The minimum Gasteiger partial charge on any atom is -0.352 e. The van der Waals surface area contributed by atoms with Gasteiger partial charge in [0.15, 0.2) is 0 Å². The number of carbonyl (C=O) groups is 2. The van der Waals surface area contributed by atoms with Crippen molar-refractivity contribution < 1.29 is 18.0 Å². The summed E-state index contributed by atoms with van der Waals surface area (Å²) in [4.78, 5) is 28.5. The molecule has 0 unspecified atom stereocenters. The molecular formula is C26H32Cl3N3O4S. The van der Waals surface area contributed by atoms with Crippen LogP contribution < -0.4 is 9.62 Å². The Bertz CT molecular complexity index is 1230. The topological polar surface area (TPSA) is 86.8 Å². The van der Waals surface area contributed by atoms with Gasteiger partial charge in [-0.15, -0.1) is 0 Å². The summed E-state index contributed by atoms with van der Waals surface area (Å²) in [6, 6.07) is 9.00. The van der Waals surface area contributed by atoms with Crippen molar-refractivity contribution in [1.29, 1.82) is 0 Å². The Morgan fingerprint density at radius 2 is 1.68 bits per heavy atom. The van der Waals surface area contributed by atoms with Crippen LogP contribution in [0.4, 0.5) is 5.69 Å². The van der Waals surface area contributed by atoms with Crippen molar-refractivity contribution in [3.05, 3.63) is 62.6 Å². The molecule has 2 aromatic carbocycles. The fraction of sp³-hybridized carbons (Fsp3) is 0.462. The van der Waals surface area contributed by atoms with E-state index < -0.39 is 28.5 Å². The molecule has 2 amide bonds. The summed E-state index contributed by atoms with van der Waals surface area (Å²) in [6.45, 7) is 3.03. The van der Waals surface area contributed by atoms with Crippen LogP contribution in [0.5, 0.6) is 0 Å². The van der Waals surface area contributed by atoms with E-state index in [0.717, 1.165) is 41.8 Å². The lowest BCUT2D eigenvalue weighted by Gasteiger charge is -2.33. The first-order valence-corrected chi connectivity index (χ1v) is 15.2. The number of hydrogen-bond donors (Lipinski definition) is 1. The van der Waals surface area contributed by atoms with Crippen LogP contribution in [0.2, 0.25) is 15.1 Å². The summed E-state index contributed by atoms with van der Waals surface area (Å²) in [7, 11) is -3.86. The third-order valence-corrected chi connectivity index (χ3v) is 8.86. The first kappa shape index (κ1) is 29.6. The van der Waals surface area contributed by atoms with Crippen molar-refractivity contribution in [2.24, 2.45) is 0 Å².